The maximum atomic E-state index is 13.1. The molecule has 1 amide bonds. The molecule has 4 rings (SSSR count). The standard InChI is InChI=1S/C25H25BrN4O3S/c1-29(15-22(31)21-5-3-4-10-27-21)13-18-11-19-23(32)20(14-30(2)25(19)34-18)24(33)28-12-16-6-8-17(26)9-7-16/h3-11,14,22,31H,12-13,15H2,1-2H3,(H,28,33)/t22-/m1/s1. The van der Waals surface area contributed by atoms with Crippen LogP contribution in [0.4, 0.5) is 0 Å². The number of rotatable bonds is 8. The second-order valence-corrected chi connectivity index (χ2v) is 10.2. The number of nitrogens with one attached hydrogen (secondary N) is 1. The van der Waals surface area contributed by atoms with Crippen LogP contribution in [-0.4, -0.2) is 39.1 Å². The number of aliphatic hydroxyl groups excluding tert-OH is 1. The number of hydrogen-bond donors (Lipinski definition) is 2. The van der Waals surface area contributed by atoms with Gasteiger partial charge in [-0.05, 0) is 42.9 Å². The minimum absolute atomic E-state index is 0.121. The van der Waals surface area contributed by atoms with Crippen LogP contribution < -0.4 is 10.7 Å². The molecule has 0 spiro atoms. The van der Waals surface area contributed by atoms with Gasteiger partial charge in [0.25, 0.3) is 5.91 Å². The Labute approximate surface area is 209 Å². The Morgan fingerprint density at radius 2 is 2.03 bits per heavy atom. The first-order chi connectivity index (χ1) is 16.3. The fourth-order valence-corrected chi connectivity index (χ4v) is 5.16. The van der Waals surface area contributed by atoms with E-state index in [0.717, 1.165) is 19.7 Å². The molecule has 7 nitrogen and oxygen atoms in total. The molecule has 2 N–H and O–H groups in total. The Hall–Kier alpha value is -2.85. The molecular formula is C25H25BrN4O3S. The van der Waals surface area contributed by atoms with Crippen molar-refractivity contribution < 1.29 is 9.90 Å². The van der Waals surface area contributed by atoms with Gasteiger partial charge in [-0.3, -0.25) is 19.5 Å². The number of carbonyl (C=O) groups excluding carboxylic acids is 1. The molecule has 0 saturated carbocycles. The molecule has 3 aromatic heterocycles. The fraction of sp³-hybridized carbons (Fsp3) is 0.240. The monoisotopic (exact) mass is 540 g/mol. The molecule has 1 atom stereocenters. The highest BCUT2D eigenvalue weighted by molar-refractivity contribution is 9.10. The van der Waals surface area contributed by atoms with Crippen LogP contribution >= 0.6 is 27.3 Å². The van der Waals surface area contributed by atoms with Crippen molar-refractivity contribution in [2.24, 2.45) is 7.05 Å². The number of likely N-dealkylation sites (N-methyl/N-ethyl adjacent to an activating group) is 1. The van der Waals surface area contributed by atoms with Crippen LogP contribution in [0.25, 0.3) is 10.2 Å². The molecule has 9 heteroatoms. The number of thiophene rings is 1. The maximum Gasteiger partial charge on any atom is 0.257 e. The van der Waals surface area contributed by atoms with Crippen LogP contribution in [0.2, 0.25) is 0 Å². The van der Waals surface area contributed by atoms with E-state index in [9.17, 15) is 14.7 Å². The highest BCUT2D eigenvalue weighted by atomic mass is 79.9. The first-order valence-electron chi connectivity index (χ1n) is 10.7. The number of aryl methyl sites for hydroxylation is 1. The van der Waals surface area contributed by atoms with Gasteiger partial charge in [0, 0.05) is 48.4 Å². The smallest absolute Gasteiger partial charge is 0.257 e. The SMILES string of the molecule is CN(Cc1cc2c(=O)c(C(=O)NCc3ccc(Br)cc3)cn(C)c2s1)C[C@@H](O)c1ccccn1. The first-order valence-corrected chi connectivity index (χ1v) is 12.3. The lowest BCUT2D eigenvalue weighted by molar-refractivity contribution is 0.0949. The van der Waals surface area contributed by atoms with Crippen molar-refractivity contribution in [1.82, 2.24) is 19.8 Å². The summed E-state index contributed by atoms with van der Waals surface area (Å²) in [6, 6.07) is 14.9. The Morgan fingerprint density at radius 3 is 2.74 bits per heavy atom. The lowest BCUT2D eigenvalue weighted by Gasteiger charge is -2.19. The van der Waals surface area contributed by atoms with Gasteiger partial charge in [0.2, 0.25) is 5.43 Å². The number of pyridine rings is 2. The van der Waals surface area contributed by atoms with Crippen molar-refractivity contribution >= 4 is 43.4 Å². The summed E-state index contributed by atoms with van der Waals surface area (Å²) in [5, 5.41) is 13.8. The summed E-state index contributed by atoms with van der Waals surface area (Å²) in [6.45, 7) is 1.31. The highest BCUT2D eigenvalue weighted by Crippen LogP contribution is 2.25. The maximum absolute atomic E-state index is 13.1. The number of hydrogen-bond acceptors (Lipinski definition) is 6. The normalized spacial score (nSPS) is 12.3. The van der Waals surface area contributed by atoms with E-state index in [-0.39, 0.29) is 11.0 Å². The van der Waals surface area contributed by atoms with Crippen LogP contribution in [0.1, 0.15) is 32.6 Å². The van der Waals surface area contributed by atoms with Gasteiger partial charge in [-0.15, -0.1) is 11.3 Å². The molecule has 3 heterocycles. The van der Waals surface area contributed by atoms with Crippen LogP contribution in [0.15, 0.2) is 70.2 Å². The number of nitrogens with zero attached hydrogens (tertiary/aromatic N) is 3. The zero-order chi connectivity index (χ0) is 24.2. The number of carbonyl (C=O) groups is 1. The van der Waals surface area contributed by atoms with E-state index in [2.05, 4.69) is 26.2 Å². The minimum atomic E-state index is -0.701. The van der Waals surface area contributed by atoms with Gasteiger partial charge in [0.1, 0.15) is 16.5 Å². The topological polar surface area (TPSA) is 87.5 Å². The summed E-state index contributed by atoms with van der Waals surface area (Å²) in [7, 11) is 3.75. The lowest BCUT2D eigenvalue weighted by Crippen LogP contribution is -2.29. The molecule has 176 valence electrons. The third kappa shape index (κ3) is 5.61. The molecule has 1 aromatic carbocycles. The molecule has 0 aliphatic heterocycles. The van der Waals surface area contributed by atoms with E-state index in [1.165, 1.54) is 11.3 Å². The van der Waals surface area contributed by atoms with E-state index in [4.69, 9.17) is 0 Å². The second-order valence-electron chi connectivity index (χ2n) is 8.19. The average molecular weight is 541 g/mol. The van der Waals surface area contributed by atoms with Gasteiger partial charge in [-0.25, -0.2) is 0 Å². The minimum Gasteiger partial charge on any atom is -0.385 e. The summed E-state index contributed by atoms with van der Waals surface area (Å²) in [5.74, 6) is -0.395. The zero-order valence-electron chi connectivity index (χ0n) is 18.9. The quantitative estimate of drug-likeness (QED) is 0.354. The van der Waals surface area contributed by atoms with Crippen LogP contribution in [0.3, 0.4) is 0 Å². The van der Waals surface area contributed by atoms with Gasteiger partial charge in [-0.1, -0.05) is 34.1 Å². The van der Waals surface area contributed by atoms with Gasteiger partial charge < -0.3 is 15.0 Å². The number of aliphatic hydroxyl groups is 1. The number of fused-ring (bicyclic) bond motifs is 1. The van der Waals surface area contributed by atoms with Crippen molar-refractivity contribution in [3.8, 4) is 0 Å². The van der Waals surface area contributed by atoms with Gasteiger partial charge in [-0.2, -0.15) is 0 Å². The van der Waals surface area contributed by atoms with E-state index in [0.29, 0.717) is 30.7 Å². The zero-order valence-corrected chi connectivity index (χ0v) is 21.3. The third-order valence-electron chi connectivity index (χ3n) is 5.45. The molecule has 0 saturated heterocycles. The Morgan fingerprint density at radius 1 is 1.26 bits per heavy atom. The van der Waals surface area contributed by atoms with Crippen molar-refractivity contribution in [3.05, 3.63) is 97.3 Å². The van der Waals surface area contributed by atoms with Crippen LogP contribution in [0.5, 0.6) is 0 Å². The molecule has 0 unspecified atom stereocenters. The summed E-state index contributed by atoms with van der Waals surface area (Å²) >= 11 is 4.90. The van der Waals surface area contributed by atoms with E-state index >= 15 is 0 Å². The molecule has 0 radical (unpaired) electrons. The van der Waals surface area contributed by atoms with Gasteiger partial charge in [0.05, 0.1) is 11.1 Å². The van der Waals surface area contributed by atoms with Crippen molar-refractivity contribution in [1.29, 1.82) is 0 Å². The number of halogens is 1. The van der Waals surface area contributed by atoms with Crippen molar-refractivity contribution in [2.75, 3.05) is 13.6 Å². The predicted molar refractivity (Wildman–Crippen MR) is 138 cm³/mol. The summed E-state index contributed by atoms with van der Waals surface area (Å²) < 4.78 is 2.79. The molecule has 0 aliphatic rings. The first kappa shape index (κ1) is 24.3. The van der Waals surface area contributed by atoms with Crippen LogP contribution in [-0.2, 0) is 20.1 Å². The van der Waals surface area contributed by atoms with E-state index < -0.39 is 12.0 Å². The van der Waals surface area contributed by atoms with Gasteiger partial charge >= 0.3 is 0 Å². The fourth-order valence-electron chi connectivity index (χ4n) is 3.72. The lowest BCUT2D eigenvalue weighted by atomic mass is 10.2. The number of amides is 1. The largest absolute Gasteiger partial charge is 0.385 e. The third-order valence-corrected chi connectivity index (χ3v) is 7.19. The van der Waals surface area contributed by atoms with Crippen molar-refractivity contribution in [2.45, 2.75) is 19.2 Å². The van der Waals surface area contributed by atoms with Crippen LogP contribution in [0, 0.1) is 0 Å². The Bertz CT molecular complexity index is 1350. The van der Waals surface area contributed by atoms with Crippen molar-refractivity contribution in [3.63, 3.8) is 0 Å². The summed E-state index contributed by atoms with van der Waals surface area (Å²) in [4.78, 5) is 33.8. The predicted octanol–water partition coefficient (Wildman–Crippen LogP) is 3.85. The number of benzene rings is 1. The molecule has 0 fully saturated rings. The summed E-state index contributed by atoms with van der Waals surface area (Å²) in [6.07, 6.45) is 2.55. The second kappa shape index (κ2) is 10.6. The molecule has 0 aliphatic carbocycles. The van der Waals surface area contributed by atoms with E-state index in [1.54, 1.807) is 18.5 Å². The highest BCUT2D eigenvalue weighted by Gasteiger charge is 2.18. The molecular weight excluding hydrogens is 516 g/mol. The molecule has 4 aromatic rings. The Kier molecular flexibility index (Phi) is 7.57. The Balaban J connectivity index is 1.48. The molecule has 0 bridgehead atoms. The molecule has 34 heavy (non-hydrogen) atoms. The van der Waals surface area contributed by atoms with Gasteiger partial charge in [0.15, 0.2) is 0 Å². The number of aromatic nitrogens is 2. The van der Waals surface area contributed by atoms with E-state index in [1.807, 2.05) is 66.0 Å². The summed E-state index contributed by atoms with van der Waals surface area (Å²) in [5.41, 5.74) is 1.41. The average Bonchev–Trinajstić information content (AvgIpc) is 3.26.